The fourth-order valence-electron chi connectivity index (χ4n) is 2.12. The Labute approximate surface area is 134 Å². The highest BCUT2D eigenvalue weighted by atomic mass is 19.1. The molecule has 1 aromatic rings. The van der Waals surface area contributed by atoms with Crippen molar-refractivity contribution in [1.29, 1.82) is 0 Å². The molecule has 0 radical (unpaired) electrons. The number of pyridine rings is 1. The molecule has 2 heterocycles. The second kappa shape index (κ2) is 6.03. The van der Waals surface area contributed by atoms with Gasteiger partial charge in [-0.25, -0.2) is 9.78 Å². The summed E-state index contributed by atoms with van der Waals surface area (Å²) < 4.78 is 25.2. The largest absolute Gasteiger partial charge is 0.491 e. The van der Waals surface area contributed by atoms with Crippen LogP contribution in [0.2, 0.25) is 0 Å². The lowest BCUT2D eigenvalue weighted by Gasteiger charge is -2.32. The third-order valence-electron chi connectivity index (χ3n) is 4.23. The van der Waals surface area contributed by atoms with Crippen molar-refractivity contribution in [3.8, 4) is 0 Å². The Balaban J connectivity index is 2.34. The molecule has 124 valence electrons. The molecule has 0 amide bonds. The van der Waals surface area contributed by atoms with Gasteiger partial charge >= 0.3 is 13.1 Å². The van der Waals surface area contributed by atoms with E-state index in [0.29, 0.717) is 11.0 Å². The zero-order chi connectivity index (χ0) is 17.4. The molecule has 2 rings (SSSR count). The minimum atomic E-state index is -1.38. The highest BCUT2D eigenvalue weighted by Crippen LogP contribution is 2.38. The zero-order valence-corrected chi connectivity index (χ0v) is 13.6. The molecule has 1 aromatic heterocycles. The Kier molecular flexibility index (Phi) is 4.61. The smallest absolute Gasteiger partial charge is 0.478 e. The number of hydrogen-bond donors (Lipinski definition) is 2. The number of nitrogens with two attached hydrogens (primary N) is 1. The van der Waals surface area contributed by atoms with Crippen LogP contribution in [0.15, 0.2) is 17.7 Å². The van der Waals surface area contributed by atoms with Crippen LogP contribution >= 0.6 is 0 Å². The topological polar surface area (TPSA) is 94.7 Å². The first kappa shape index (κ1) is 17.6. The highest BCUT2D eigenvalue weighted by molar-refractivity contribution is 6.55. The third-order valence-corrected chi connectivity index (χ3v) is 4.23. The summed E-state index contributed by atoms with van der Waals surface area (Å²) in [6.45, 7) is 7.83. The number of hydrogen-bond acceptors (Lipinski definition) is 5. The van der Waals surface area contributed by atoms with Crippen LogP contribution in [0.1, 0.15) is 43.6 Å². The molecular weight excluding hydrogens is 302 g/mol. The number of carboxylic acid groups (broad SMARTS) is 1. The van der Waals surface area contributed by atoms with Crippen LogP contribution in [0.25, 0.3) is 6.08 Å². The van der Waals surface area contributed by atoms with Crippen molar-refractivity contribution < 1.29 is 23.6 Å². The first-order valence-electron chi connectivity index (χ1n) is 7.22. The van der Waals surface area contributed by atoms with E-state index in [2.05, 4.69) is 4.98 Å². The van der Waals surface area contributed by atoms with E-state index in [4.69, 9.17) is 20.1 Å². The number of halogens is 1. The number of carboxylic acids is 1. The molecule has 0 unspecified atom stereocenters. The van der Waals surface area contributed by atoms with Gasteiger partial charge in [-0.1, -0.05) is 6.08 Å². The quantitative estimate of drug-likeness (QED) is 0.649. The van der Waals surface area contributed by atoms with Crippen molar-refractivity contribution in [2.24, 2.45) is 5.73 Å². The van der Waals surface area contributed by atoms with Crippen LogP contribution in [0, 0.1) is 5.95 Å². The van der Waals surface area contributed by atoms with E-state index < -0.39 is 35.8 Å². The minimum absolute atomic E-state index is 0.149. The molecule has 0 saturated carbocycles. The van der Waals surface area contributed by atoms with Crippen LogP contribution in [-0.4, -0.2) is 40.9 Å². The lowest BCUT2D eigenvalue weighted by atomic mass is 9.77. The fraction of sp³-hybridized carbons (Fsp3) is 0.467. The Morgan fingerprint density at radius 1 is 1.39 bits per heavy atom. The first-order chi connectivity index (χ1) is 10.6. The first-order valence-corrected chi connectivity index (χ1v) is 7.22. The standard InChI is InChI=1S/C15H20BFN2O4/c1-14(2)15(3,4)23-16(22-14)10(7-18)5-9-6-11(13(20)21)12(17)19-8-9/h5-6,8H,7,18H2,1-4H3,(H,20,21). The molecule has 0 spiro atoms. The molecule has 1 aliphatic heterocycles. The van der Waals surface area contributed by atoms with Crippen molar-refractivity contribution in [2.45, 2.75) is 38.9 Å². The zero-order valence-electron chi connectivity index (χ0n) is 13.6. The van der Waals surface area contributed by atoms with Crippen LogP contribution in [0.5, 0.6) is 0 Å². The second-order valence-electron chi connectivity index (χ2n) is 6.42. The van der Waals surface area contributed by atoms with Gasteiger partial charge < -0.3 is 20.1 Å². The predicted molar refractivity (Wildman–Crippen MR) is 84.3 cm³/mol. The van der Waals surface area contributed by atoms with E-state index in [1.807, 2.05) is 27.7 Å². The highest BCUT2D eigenvalue weighted by Gasteiger charge is 2.52. The van der Waals surface area contributed by atoms with E-state index in [9.17, 15) is 9.18 Å². The summed E-state index contributed by atoms with van der Waals surface area (Å²) in [5, 5.41) is 8.96. The van der Waals surface area contributed by atoms with Gasteiger partial charge in [-0.05, 0) is 44.8 Å². The van der Waals surface area contributed by atoms with E-state index in [0.717, 1.165) is 0 Å². The van der Waals surface area contributed by atoms with E-state index in [1.54, 1.807) is 6.08 Å². The van der Waals surface area contributed by atoms with E-state index >= 15 is 0 Å². The number of nitrogens with zero attached hydrogens (tertiary/aromatic N) is 1. The summed E-state index contributed by atoms with van der Waals surface area (Å²) in [4.78, 5) is 14.4. The third kappa shape index (κ3) is 3.44. The normalized spacial score (nSPS) is 19.9. The molecule has 0 bridgehead atoms. The van der Waals surface area contributed by atoms with Crippen LogP contribution in [0.3, 0.4) is 0 Å². The van der Waals surface area contributed by atoms with Gasteiger partial charge in [0, 0.05) is 12.7 Å². The Morgan fingerprint density at radius 2 is 1.96 bits per heavy atom. The summed E-state index contributed by atoms with van der Waals surface area (Å²) in [5.41, 5.74) is 5.28. The number of carbonyl (C=O) groups is 1. The van der Waals surface area contributed by atoms with Crippen molar-refractivity contribution in [3.63, 3.8) is 0 Å². The fourth-order valence-corrected chi connectivity index (χ4v) is 2.12. The van der Waals surface area contributed by atoms with Gasteiger partial charge in [-0.15, -0.1) is 0 Å². The molecule has 0 atom stereocenters. The van der Waals surface area contributed by atoms with Crippen molar-refractivity contribution >= 4 is 19.2 Å². The molecule has 23 heavy (non-hydrogen) atoms. The van der Waals surface area contributed by atoms with Gasteiger partial charge in [-0.2, -0.15) is 4.39 Å². The lowest BCUT2D eigenvalue weighted by Crippen LogP contribution is -2.41. The average molecular weight is 322 g/mol. The van der Waals surface area contributed by atoms with Crippen molar-refractivity contribution in [2.75, 3.05) is 6.54 Å². The Bertz CT molecular complexity index is 645. The maximum absolute atomic E-state index is 13.4. The molecule has 3 N–H and O–H groups in total. The van der Waals surface area contributed by atoms with Gasteiger partial charge in [0.25, 0.3) is 0 Å². The lowest BCUT2D eigenvalue weighted by molar-refractivity contribution is 0.00578. The van der Waals surface area contributed by atoms with Crippen LogP contribution in [-0.2, 0) is 9.31 Å². The van der Waals surface area contributed by atoms with E-state index in [1.165, 1.54) is 12.3 Å². The van der Waals surface area contributed by atoms with Gasteiger partial charge in [0.05, 0.1) is 11.2 Å². The molecule has 8 heteroatoms. The Hall–Kier alpha value is -1.77. The second-order valence-corrected chi connectivity index (χ2v) is 6.42. The summed E-state index contributed by atoms with van der Waals surface area (Å²) in [6, 6.07) is 1.20. The summed E-state index contributed by atoms with van der Waals surface area (Å²) in [5.74, 6) is -2.41. The summed E-state index contributed by atoms with van der Waals surface area (Å²) in [7, 11) is -0.650. The average Bonchev–Trinajstić information content (AvgIpc) is 2.66. The molecular formula is C15H20BFN2O4. The number of aromatic carboxylic acids is 1. The van der Waals surface area contributed by atoms with Gasteiger partial charge in [0.15, 0.2) is 0 Å². The number of rotatable bonds is 4. The molecule has 1 aliphatic rings. The predicted octanol–water partition coefficient (Wildman–Crippen LogP) is 1.89. The molecule has 1 fully saturated rings. The molecule has 1 saturated heterocycles. The maximum atomic E-state index is 13.4. The summed E-state index contributed by atoms with van der Waals surface area (Å²) in [6.07, 6.45) is 2.85. The number of aromatic nitrogens is 1. The monoisotopic (exact) mass is 322 g/mol. The van der Waals surface area contributed by atoms with Crippen molar-refractivity contribution in [1.82, 2.24) is 4.98 Å². The Morgan fingerprint density at radius 3 is 2.43 bits per heavy atom. The SMILES string of the molecule is CC1(C)OB(C(=Cc2cnc(F)c(C(=O)O)c2)CN)OC1(C)C. The molecule has 6 nitrogen and oxygen atoms in total. The summed E-state index contributed by atoms with van der Waals surface area (Å²) >= 11 is 0. The van der Waals surface area contributed by atoms with Gasteiger partial charge in [0.1, 0.15) is 5.56 Å². The van der Waals surface area contributed by atoms with Crippen LogP contribution < -0.4 is 5.73 Å². The van der Waals surface area contributed by atoms with Crippen molar-refractivity contribution in [3.05, 3.63) is 34.8 Å². The van der Waals surface area contributed by atoms with Crippen LogP contribution in [0.4, 0.5) is 4.39 Å². The molecule has 0 aromatic carbocycles. The van der Waals surface area contributed by atoms with E-state index in [-0.39, 0.29) is 6.54 Å². The van der Waals surface area contributed by atoms with Gasteiger partial charge in [0.2, 0.25) is 5.95 Å². The maximum Gasteiger partial charge on any atom is 0.491 e. The molecule has 0 aliphatic carbocycles. The van der Waals surface area contributed by atoms with Gasteiger partial charge in [-0.3, -0.25) is 0 Å². The minimum Gasteiger partial charge on any atom is -0.478 e.